The van der Waals surface area contributed by atoms with E-state index in [0.29, 0.717) is 36.8 Å². The Bertz CT molecular complexity index is 1340. The molecule has 1 aliphatic carbocycles. The van der Waals surface area contributed by atoms with Gasteiger partial charge in [0.05, 0.1) is 35.8 Å². The average Bonchev–Trinajstić information content (AvgIpc) is 3.18. The first-order valence-corrected chi connectivity index (χ1v) is 13.4. The summed E-state index contributed by atoms with van der Waals surface area (Å²) in [5.41, 5.74) is 0.262. The van der Waals surface area contributed by atoms with Gasteiger partial charge in [-0.25, -0.2) is 26.9 Å². The van der Waals surface area contributed by atoms with E-state index in [0.717, 1.165) is 24.2 Å². The number of imidazole rings is 1. The first-order chi connectivity index (χ1) is 16.6. The summed E-state index contributed by atoms with van der Waals surface area (Å²) >= 11 is 0.733. The fraction of sp³-hybridized carbons (Fsp3) is 0.571. The second-order valence-corrected chi connectivity index (χ2v) is 11.9. The molecule has 2 aliphatic rings. The fourth-order valence-electron chi connectivity index (χ4n) is 4.11. The number of ether oxygens (including phenoxy) is 2. The lowest BCUT2D eigenvalue weighted by atomic mass is 10.2. The summed E-state index contributed by atoms with van der Waals surface area (Å²) in [6, 6.07) is 3.06. The molecule has 190 valence electrons. The molecule has 2 fully saturated rings. The number of methoxy groups -OCH3 is 1. The van der Waals surface area contributed by atoms with Crippen LogP contribution in [0.2, 0.25) is 0 Å². The monoisotopic (exact) mass is 528 g/mol. The highest BCUT2D eigenvalue weighted by Gasteiger charge is 2.41. The number of pyridine rings is 1. The Morgan fingerprint density at radius 3 is 2.77 bits per heavy atom. The van der Waals surface area contributed by atoms with Crippen molar-refractivity contribution in [1.82, 2.24) is 24.3 Å². The number of nitrogens with one attached hydrogen (secondary N) is 1. The molecule has 0 bridgehead atoms. The van der Waals surface area contributed by atoms with E-state index in [9.17, 15) is 17.2 Å². The normalized spacial score (nSPS) is 22.3. The topological polar surface area (TPSA) is 111 Å². The fourth-order valence-corrected chi connectivity index (χ4v) is 6.31. The summed E-state index contributed by atoms with van der Waals surface area (Å²) in [5.74, 6) is 0.595. The van der Waals surface area contributed by atoms with Crippen molar-refractivity contribution in [3.8, 4) is 10.7 Å². The summed E-state index contributed by atoms with van der Waals surface area (Å²) < 4.78 is 68.6. The minimum Gasteiger partial charge on any atom is -0.382 e. The number of halogens is 2. The van der Waals surface area contributed by atoms with Crippen LogP contribution in [0.3, 0.4) is 0 Å². The van der Waals surface area contributed by atoms with E-state index in [1.807, 2.05) is 18.7 Å². The van der Waals surface area contributed by atoms with Gasteiger partial charge in [0.25, 0.3) is 6.43 Å². The van der Waals surface area contributed by atoms with Crippen LogP contribution in [0.25, 0.3) is 16.2 Å². The molecule has 3 aromatic heterocycles. The molecule has 1 aliphatic heterocycles. The van der Waals surface area contributed by atoms with Gasteiger partial charge in [-0.1, -0.05) is 11.3 Å². The van der Waals surface area contributed by atoms with E-state index < -0.39 is 27.0 Å². The Hall–Kier alpha value is -2.26. The van der Waals surface area contributed by atoms with Crippen LogP contribution in [0, 0.1) is 0 Å². The molecular weight excluding hydrogens is 502 g/mol. The average molecular weight is 529 g/mol. The van der Waals surface area contributed by atoms with Crippen LogP contribution in [0.5, 0.6) is 0 Å². The Balaban J connectivity index is 1.65. The Kier molecular flexibility index (Phi) is 6.28. The van der Waals surface area contributed by atoms with Gasteiger partial charge in [0.2, 0.25) is 10.0 Å². The highest BCUT2D eigenvalue weighted by atomic mass is 32.2. The number of aromatic nitrogens is 4. The second-order valence-electron chi connectivity index (χ2n) is 9.22. The number of nitrogens with zero attached hydrogens (tertiary/aromatic N) is 5. The SMILES string of the molecule is COC[C@H]1CN(c2cc(S(=O)(=O)NC3(C)CC3)cc3c(-c4nnc(C(F)F)s4)ncn23)[C@@H](C)CO1. The van der Waals surface area contributed by atoms with Crippen molar-refractivity contribution in [3.63, 3.8) is 0 Å². The molecule has 1 N–H and O–H groups in total. The largest absolute Gasteiger partial charge is 0.382 e. The first kappa shape index (κ1) is 24.4. The molecule has 0 unspecified atom stereocenters. The van der Waals surface area contributed by atoms with Gasteiger partial charge in [0.15, 0.2) is 10.0 Å². The van der Waals surface area contributed by atoms with E-state index in [2.05, 4.69) is 19.9 Å². The molecular formula is C21H26F2N6O4S2. The van der Waals surface area contributed by atoms with E-state index in [1.165, 1.54) is 6.07 Å². The molecule has 0 spiro atoms. The van der Waals surface area contributed by atoms with Gasteiger partial charge in [0.1, 0.15) is 17.8 Å². The van der Waals surface area contributed by atoms with Crippen LogP contribution in [0.15, 0.2) is 23.4 Å². The van der Waals surface area contributed by atoms with Crippen LogP contribution in [-0.2, 0) is 19.5 Å². The van der Waals surface area contributed by atoms with Gasteiger partial charge < -0.3 is 14.4 Å². The molecule has 0 radical (unpaired) electrons. The van der Waals surface area contributed by atoms with Crippen LogP contribution in [0.1, 0.15) is 38.1 Å². The highest BCUT2D eigenvalue weighted by molar-refractivity contribution is 7.89. The number of fused-ring (bicyclic) bond motifs is 1. The molecule has 3 aromatic rings. The van der Waals surface area contributed by atoms with Gasteiger partial charge in [-0.05, 0) is 38.8 Å². The number of anilines is 1. The lowest BCUT2D eigenvalue weighted by molar-refractivity contribution is -0.0225. The molecule has 14 heteroatoms. The molecule has 10 nitrogen and oxygen atoms in total. The molecule has 1 saturated heterocycles. The molecule has 4 heterocycles. The van der Waals surface area contributed by atoms with Crippen LogP contribution in [0.4, 0.5) is 14.6 Å². The van der Waals surface area contributed by atoms with Crippen molar-refractivity contribution in [3.05, 3.63) is 23.5 Å². The van der Waals surface area contributed by atoms with Crippen molar-refractivity contribution in [1.29, 1.82) is 0 Å². The predicted molar refractivity (Wildman–Crippen MR) is 125 cm³/mol. The molecule has 0 aromatic carbocycles. The molecule has 5 rings (SSSR count). The van der Waals surface area contributed by atoms with Gasteiger partial charge in [-0.15, -0.1) is 10.2 Å². The van der Waals surface area contributed by atoms with Crippen LogP contribution < -0.4 is 9.62 Å². The maximum absolute atomic E-state index is 13.3. The summed E-state index contributed by atoms with van der Waals surface area (Å²) in [6.07, 6.45) is 0.120. The number of hydrogen-bond donors (Lipinski definition) is 1. The zero-order valence-corrected chi connectivity index (χ0v) is 21.1. The van der Waals surface area contributed by atoms with Gasteiger partial charge >= 0.3 is 0 Å². The lowest BCUT2D eigenvalue weighted by Crippen LogP contribution is -2.50. The second kappa shape index (κ2) is 9.00. The van der Waals surface area contributed by atoms with E-state index in [1.54, 1.807) is 23.9 Å². The Labute approximate surface area is 205 Å². The van der Waals surface area contributed by atoms with Gasteiger partial charge in [-0.2, -0.15) is 0 Å². The summed E-state index contributed by atoms with van der Waals surface area (Å²) in [5, 5.41) is 7.21. The number of alkyl halides is 2. The summed E-state index contributed by atoms with van der Waals surface area (Å²) in [7, 11) is -2.26. The Morgan fingerprint density at radius 2 is 2.11 bits per heavy atom. The third-order valence-electron chi connectivity index (χ3n) is 6.27. The smallest absolute Gasteiger partial charge is 0.291 e. The first-order valence-electron chi connectivity index (χ1n) is 11.1. The number of rotatable bonds is 8. The van der Waals surface area contributed by atoms with Crippen LogP contribution in [-0.4, -0.2) is 72.6 Å². The molecule has 2 atom stereocenters. The van der Waals surface area contributed by atoms with Crippen molar-refractivity contribution >= 4 is 32.7 Å². The predicted octanol–water partition coefficient (Wildman–Crippen LogP) is 2.86. The lowest BCUT2D eigenvalue weighted by Gasteiger charge is -2.39. The molecule has 35 heavy (non-hydrogen) atoms. The van der Waals surface area contributed by atoms with Crippen molar-refractivity contribution in [2.24, 2.45) is 0 Å². The third kappa shape index (κ3) is 4.77. The zero-order chi connectivity index (χ0) is 25.0. The van der Waals surface area contributed by atoms with Crippen molar-refractivity contribution < 1.29 is 26.7 Å². The Morgan fingerprint density at radius 1 is 1.34 bits per heavy atom. The molecule has 0 amide bonds. The third-order valence-corrected chi connectivity index (χ3v) is 8.83. The standard InChI is InChI=1S/C21H26F2N6O4S2/c1-12-9-33-13(10-32-3)8-28(12)16-7-14(35(30,31)27-21(2)4-5-21)6-15-17(24-11-29(15)16)19-25-26-20(34-19)18(22)23/h6-7,11-13,18,27H,4-5,8-10H2,1-3H3/t12-,13+/m0/s1. The zero-order valence-electron chi connectivity index (χ0n) is 19.4. The van der Waals surface area contributed by atoms with Gasteiger partial charge in [-0.3, -0.25) is 4.40 Å². The van der Waals surface area contributed by atoms with Crippen LogP contribution >= 0.6 is 11.3 Å². The summed E-state index contributed by atoms with van der Waals surface area (Å²) in [6.45, 7) is 5.14. The van der Waals surface area contributed by atoms with E-state index >= 15 is 0 Å². The quantitative estimate of drug-likeness (QED) is 0.475. The number of sulfonamides is 1. The molecule has 1 saturated carbocycles. The van der Waals surface area contributed by atoms with E-state index in [-0.39, 0.29) is 22.0 Å². The van der Waals surface area contributed by atoms with Crippen molar-refractivity contribution in [2.45, 2.75) is 55.7 Å². The number of hydrogen-bond acceptors (Lipinski definition) is 9. The number of morpholine rings is 1. The van der Waals surface area contributed by atoms with Gasteiger partial charge in [0, 0.05) is 19.2 Å². The maximum atomic E-state index is 13.3. The van der Waals surface area contributed by atoms with E-state index in [4.69, 9.17) is 9.47 Å². The minimum absolute atomic E-state index is 0.0593. The maximum Gasteiger partial charge on any atom is 0.291 e. The summed E-state index contributed by atoms with van der Waals surface area (Å²) in [4.78, 5) is 6.53. The van der Waals surface area contributed by atoms with Crippen molar-refractivity contribution in [2.75, 3.05) is 31.8 Å². The minimum atomic E-state index is -3.86. The highest BCUT2D eigenvalue weighted by Crippen LogP contribution is 2.38.